The maximum Gasteiger partial charge on any atom is 0.333 e. The molecule has 0 saturated carbocycles. The van der Waals surface area contributed by atoms with Crippen LogP contribution in [0, 0.1) is 0 Å². The molecule has 1 amide bonds. The summed E-state index contributed by atoms with van der Waals surface area (Å²) in [5.74, 6) is -0.630. The van der Waals surface area contributed by atoms with Crippen LogP contribution < -0.4 is 5.32 Å². The van der Waals surface area contributed by atoms with E-state index in [0.717, 1.165) is 5.56 Å². The van der Waals surface area contributed by atoms with Crippen LogP contribution in [-0.4, -0.2) is 18.5 Å². The fourth-order valence-electron chi connectivity index (χ4n) is 2.86. The second-order valence-corrected chi connectivity index (χ2v) is 7.79. The monoisotopic (exact) mass is 379 g/mol. The molecule has 28 heavy (non-hydrogen) atoms. The number of esters is 1. The zero-order valence-corrected chi connectivity index (χ0v) is 17.1. The molecule has 0 unspecified atom stereocenters. The third-order valence-corrected chi connectivity index (χ3v) is 4.54. The van der Waals surface area contributed by atoms with E-state index in [1.54, 1.807) is 19.1 Å². The lowest BCUT2D eigenvalue weighted by atomic mass is 9.86. The maximum absolute atomic E-state index is 12.7. The van der Waals surface area contributed by atoms with E-state index in [-0.39, 0.29) is 23.8 Å². The van der Waals surface area contributed by atoms with Gasteiger partial charge < -0.3 is 10.1 Å². The Hall–Kier alpha value is -2.88. The van der Waals surface area contributed by atoms with E-state index in [1.807, 2.05) is 30.3 Å². The van der Waals surface area contributed by atoms with E-state index in [9.17, 15) is 9.59 Å². The van der Waals surface area contributed by atoms with Crippen LogP contribution in [0.2, 0.25) is 0 Å². The van der Waals surface area contributed by atoms with Gasteiger partial charge in [0.05, 0.1) is 12.6 Å². The molecule has 0 aliphatic carbocycles. The summed E-state index contributed by atoms with van der Waals surface area (Å²) in [6.45, 7) is 12.4. The highest BCUT2D eigenvalue weighted by molar-refractivity contribution is 5.94. The molecular formula is C24H29NO3. The molecule has 0 aliphatic heterocycles. The molecule has 0 fully saturated rings. The van der Waals surface area contributed by atoms with Gasteiger partial charge in [-0.15, -0.1) is 0 Å². The molecule has 1 N–H and O–H groups in total. The third kappa shape index (κ3) is 5.81. The van der Waals surface area contributed by atoms with Crippen molar-refractivity contribution >= 4 is 11.9 Å². The third-order valence-electron chi connectivity index (χ3n) is 4.54. The second-order valence-electron chi connectivity index (χ2n) is 7.79. The predicted molar refractivity (Wildman–Crippen MR) is 112 cm³/mol. The number of hydrogen-bond acceptors (Lipinski definition) is 3. The Morgan fingerprint density at radius 2 is 1.64 bits per heavy atom. The Morgan fingerprint density at radius 1 is 1.04 bits per heavy atom. The van der Waals surface area contributed by atoms with Gasteiger partial charge in [-0.25, -0.2) is 4.79 Å². The van der Waals surface area contributed by atoms with Gasteiger partial charge in [0.15, 0.2) is 0 Å². The van der Waals surface area contributed by atoms with E-state index in [2.05, 4.69) is 44.8 Å². The molecular weight excluding hydrogens is 350 g/mol. The molecule has 0 aromatic heterocycles. The minimum Gasteiger partial charge on any atom is -0.463 e. The van der Waals surface area contributed by atoms with Gasteiger partial charge in [0.25, 0.3) is 5.91 Å². The Labute approximate surface area is 167 Å². The average Bonchev–Trinajstić information content (AvgIpc) is 2.67. The van der Waals surface area contributed by atoms with Gasteiger partial charge in [-0.05, 0) is 35.6 Å². The molecule has 2 rings (SSSR count). The fraction of sp³-hybridized carbons (Fsp3) is 0.333. The van der Waals surface area contributed by atoms with E-state index in [0.29, 0.717) is 17.7 Å². The van der Waals surface area contributed by atoms with Crippen LogP contribution >= 0.6 is 0 Å². The number of rotatable bonds is 7. The van der Waals surface area contributed by atoms with Crippen molar-refractivity contribution in [1.82, 2.24) is 5.32 Å². The number of carbonyl (C=O) groups is 2. The molecule has 2 aromatic carbocycles. The lowest BCUT2D eigenvalue weighted by molar-refractivity contribution is -0.138. The van der Waals surface area contributed by atoms with Gasteiger partial charge in [-0.3, -0.25) is 4.79 Å². The van der Waals surface area contributed by atoms with Crippen LogP contribution in [0.5, 0.6) is 0 Å². The molecule has 148 valence electrons. The minimum absolute atomic E-state index is 0.0375. The summed E-state index contributed by atoms with van der Waals surface area (Å²) in [6, 6.07) is 16.8. The number of benzene rings is 2. The normalized spacial score (nSPS) is 12.1. The predicted octanol–water partition coefficient (Wildman–Crippen LogP) is 4.96. The van der Waals surface area contributed by atoms with Crippen molar-refractivity contribution in [3.05, 3.63) is 83.4 Å². The van der Waals surface area contributed by atoms with Crippen molar-refractivity contribution in [2.24, 2.45) is 0 Å². The summed E-state index contributed by atoms with van der Waals surface area (Å²) in [7, 11) is 0. The maximum atomic E-state index is 12.7. The Bertz CT molecular complexity index is 817. The number of amides is 1. The summed E-state index contributed by atoms with van der Waals surface area (Å²) in [5, 5.41) is 3.03. The first kappa shape index (κ1) is 21.4. The molecule has 4 nitrogen and oxygen atoms in total. The molecule has 2 aromatic rings. The minimum atomic E-state index is -0.437. The Kier molecular flexibility index (Phi) is 7.16. The summed E-state index contributed by atoms with van der Waals surface area (Å²) in [4.78, 5) is 24.7. The van der Waals surface area contributed by atoms with E-state index in [4.69, 9.17) is 4.74 Å². The van der Waals surface area contributed by atoms with Gasteiger partial charge in [0.1, 0.15) is 0 Å². The van der Waals surface area contributed by atoms with Crippen molar-refractivity contribution in [3.63, 3.8) is 0 Å². The molecule has 0 heterocycles. The van der Waals surface area contributed by atoms with Crippen LogP contribution in [0.25, 0.3) is 0 Å². The molecule has 0 bridgehead atoms. The molecule has 0 aliphatic rings. The van der Waals surface area contributed by atoms with Crippen LogP contribution in [0.15, 0.2) is 66.7 Å². The first-order valence-electron chi connectivity index (χ1n) is 9.53. The van der Waals surface area contributed by atoms with Crippen molar-refractivity contribution in [1.29, 1.82) is 0 Å². The van der Waals surface area contributed by atoms with Crippen molar-refractivity contribution in [2.45, 2.75) is 45.6 Å². The summed E-state index contributed by atoms with van der Waals surface area (Å²) in [6.07, 6.45) is 0.284. The topological polar surface area (TPSA) is 55.4 Å². The summed E-state index contributed by atoms with van der Waals surface area (Å²) < 4.78 is 5.04. The van der Waals surface area contributed by atoms with Crippen molar-refractivity contribution in [2.75, 3.05) is 6.61 Å². The zero-order chi connectivity index (χ0) is 20.7. The fourth-order valence-corrected chi connectivity index (χ4v) is 2.86. The highest BCUT2D eigenvalue weighted by Gasteiger charge is 2.21. The molecule has 4 heteroatoms. The van der Waals surface area contributed by atoms with Gasteiger partial charge in [-0.2, -0.15) is 0 Å². The Balaban J connectivity index is 2.26. The van der Waals surface area contributed by atoms with Gasteiger partial charge in [-0.1, -0.05) is 69.8 Å². The average molecular weight is 380 g/mol. The molecule has 0 radical (unpaired) electrons. The number of nitrogens with one attached hydrogen (secondary N) is 1. The largest absolute Gasteiger partial charge is 0.463 e. The van der Waals surface area contributed by atoms with Gasteiger partial charge >= 0.3 is 5.97 Å². The SMILES string of the molecule is C=C(C[C@@H](NC(=O)c1ccccc1)c1ccc(C(C)(C)C)cc1)C(=O)OCC. The quantitative estimate of drug-likeness (QED) is 0.546. The van der Waals surface area contributed by atoms with Crippen LogP contribution in [0.4, 0.5) is 0 Å². The second kappa shape index (κ2) is 9.36. The Morgan fingerprint density at radius 3 is 2.18 bits per heavy atom. The highest BCUT2D eigenvalue weighted by atomic mass is 16.5. The lowest BCUT2D eigenvalue weighted by Crippen LogP contribution is -2.29. The number of hydrogen-bond donors (Lipinski definition) is 1. The molecule has 0 saturated heterocycles. The van der Waals surface area contributed by atoms with Crippen LogP contribution in [0.1, 0.15) is 61.6 Å². The van der Waals surface area contributed by atoms with Crippen LogP contribution in [-0.2, 0) is 14.9 Å². The summed E-state index contributed by atoms with van der Waals surface area (Å²) in [5.41, 5.74) is 3.06. The molecule has 0 spiro atoms. The van der Waals surface area contributed by atoms with Gasteiger partial charge in [0.2, 0.25) is 0 Å². The van der Waals surface area contributed by atoms with Crippen molar-refractivity contribution < 1.29 is 14.3 Å². The zero-order valence-electron chi connectivity index (χ0n) is 17.1. The van der Waals surface area contributed by atoms with E-state index in [1.165, 1.54) is 5.56 Å². The standard InChI is InChI=1S/C24H29NO3/c1-6-28-23(27)17(2)16-21(25-22(26)19-10-8-7-9-11-19)18-12-14-20(15-13-18)24(3,4)5/h7-15,21H,2,6,16H2,1,3-5H3,(H,25,26)/t21-/m1/s1. The molecule has 1 atom stereocenters. The van der Waals surface area contributed by atoms with Crippen molar-refractivity contribution in [3.8, 4) is 0 Å². The first-order valence-corrected chi connectivity index (χ1v) is 9.53. The van der Waals surface area contributed by atoms with Gasteiger partial charge in [0, 0.05) is 17.6 Å². The van der Waals surface area contributed by atoms with E-state index < -0.39 is 5.97 Å². The highest BCUT2D eigenvalue weighted by Crippen LogP contribution is 2.27. The number of carbonyl (C=O) groups excluding carboxylic acids is 2. The lowest BCUT2D eigenvalue weighted by Gasteiger charge is -2.23. The first-order chi connectivity index (χ1) is 13.2. The van der Waals surface area contributed by atoms with E-state index >= 15 is 0 Å². The smallest absolute Gasteiger partial charge is 0.333 e. The van der Waals surface area contributed by atoms with Crippen LogP contribution in [0.3, 0.4) is 0 Å². The summed E-state index contributed by atoms with van der Waals surface area (Å²) >= 11 is 0. The number of ether oxygens (including phenoxy) is 1.